The maximum atomic E-state index is 4.67. The van der Waals surface area contributed by atoms with Crippen LogP contribution in [0.4, 0.5) is 17.2 Å². The lowest BCUT2D eigenvalue weighted by atomic mass is 10.1. The fourth-order valence-electron chi connectivity index (χ4n) is 2.98. The van der Waals surface area contributed by atoms with Crippen LogP contribution in [0.5, 0.6) is 0 Å². The van der Waals surface area contributed by atoms with E-state index in [-0.39, 0.29) is 0 Å². The number of nitrogens with zero attached hydrogens (tertiary/aromatic N) is 4. The highest BCUT2D eigenvalue weighted by Gasteiger charge is 2.14. The molecule has 3 heterocycles. The summed E-state index contributed by atoms with van der Waals surface area (Å²) in [5, 5.41) is 4.55. The molecule has 0 saturated heterocycles. The van der Waals surface area contributed by atoms with Crippen LogP contribution in [-0.2, 0) is 0 Å². The maximum Gasteiger partial charge on any atom is 0.151 e. The molecule has 0 saturated carbocycles. The zero-order valence-corrected chi connectivity index (χ0v) is 15.5. The van der Waals surface area contributed by atoms with Crippen molar-refractivity contribution in [1.29, 1.82) is 0 Å². The lowest BCUT2D eigenvalue weighted by molar-refractivity contribution is 1.13. The molecule has 0 aliphatic rings. The van der Waals surface area contributed by atoms with E-state index in [2.05, 4.69) is 62.4 Å². The van der Waals surface area contributed by atoms with Gasteiger partial charge in [0, 0.05) is 36.6 Å². The highest BCUT2D eigenvalue weighted by molar-refractivity contribution is 7.26. The largest absolute Gasteiger partial charge is 0.378 e. The molecule has 4 aromatic rings. The van der Waals surface area contributed by atoms with Gasteiger partial charge in [-0.05, 0) is 49.7 Å². The second-order valence-corrected chi connectivity index (χ2v) is 7.33. The van der Waals surface area contributed by atoms with Crippen LogP contribution in [0.25, 0.3) is 20.4 Å². The van der Waals surface area contributed by atoms with Crippen molar-refractivity contribution in [1.82, 2.24) is 15.0 Å². The molecule has 25 heavy (non-hydrogen) atoms. The third-order valence-corrected chi connectivity index (χ3v) is 5.28. The molecule has 1 aromatic carbocycles. The molecule has 126 valence electrons. The number of fused-ring (bicyclic) bond motifs is 3. The molecule has 6 heteroatoms. The Bertz CT molecular complexity index is 1070. The Hall–Kier alpha value is -2.73. The standard InChI is InChI=1S/C19H19N5S/c1-11-9-12(2)22-19-15(11)16-17(25-19)18(21-10-20-16)23-13-5-7-14(8-6-13)24(3)4/h5-10H,1-4H3,(H,20,21,23). The van der Waals surface area contributed by atoms with Crippen molar-refractivity contribution >= 4 is 49.0 Å². The van der Waals surface area contributed by atoms with Crippen molar-refractivity contribution < 1.29 is 0 Å². The lowest BCUT2D eigenvalue weighted by Crippen LogP contribution is -2.08. The Morgan fingerprint density at radius 2 is 1.80 bits per heavy atom. The van der Waals surface area contributed by atoms with Gasteiger partial charge in [0.2, 0.25) is 0 Å². The molecule has 0 spiro atoms. The second-order valence-electron chi connectivity index (χ2n) is 6.33. The molecule has 5 nitrogen and oxygen atoms in total. The van der Waals surface area contributed by atoms with Crippen molar-refractivity contribution in [3.8, 4) is 0 Å². The molecule has 0 atom stereocenters. The number of hydrogen-bond acceptors (Lipinski definition) is 6. The van der Waals surface area contributed by atoms with E-state index >= 15 is 0 Å². The van der Waals surface area contributed by atoms with Gasteiger partial charge in [0.15, 0.2) is 5.82 Å². The van der Waals surface area contributed by atoms with E-state index < -0.39 is 0 Å². The second kappa shape index (κ2) is 5.97. The number of benzene rings is 1. The van der Waals surface area contributed by atoms with Crippen LogP contribution < -0.4 is 10.2 Å². The van der Waals surface area contributed by atoms with Crippen molar-refractivity contribution in [3.05, 3.63) is 47.9 Å². The molecule has 4 rings (SSSR count). The smallest absolute Gasteiger partial charge is 0.151 e. The number of aryl methyl sites for hydroxylation is 2. The number of rotatable bonds is 3. The van der Waals surface area contributed by atoms with Gasteiger partial charge < -0.3 is 10.2 Å². The van der Waals surface area contributed by atoms with Crippen LogP contribution in [0.1, 0.15) is 11.3 Å². The minimum atomic E-state index is 0.822. The molecule has 0 unspecified atom stereocenters. The van der Waals surface area contributed by atoms with Crippen LogP contribution in [0.2, 0.25) is 0 Å². The van der Waals surface area contributed by atoms with Crippen LogP contribution in [0, 0.1) is 13.8 Å². The Balaban J connectivity index is 1.81. The van der Waals surface area contributed by atoms with Gasteiger partial charge in [-0.2, -0.15) is 0 Å². The van der Waals surface area contributed by atoms with Crippen molar-refractivity contribution in [2.75, 3.05) is 24.3 Å². The summed E-state index contributed by atoms with van der Waals surface area (Å²) in [6, 6.07) is 10.4. The molecule has 1 N–H and O–H groups in total. The highest BCUT2D eigenvalue weighted by atomic mass is 32.1. The first-order chi connectivity index (χ1) is 12.0. The third kappa shape index (κ3) is 2.78. The van der Waals surface area contributed by atoms with Crippen LogP contribution in [0.3, 0.4) is 0 Å². The van der Waals surface area contributed by atoms with Crippen molar-refractivity contribution in [2.45, 2.75) is 13.8 Å². The molecule has 0 aliphatic carbocycles. The van der Waals surface area contributed by atoms with Crippen LogP contribution in [0.15, 0.2) is 36.7 Å². The first-order valence-corrected chi connectivity index (χ1v) is 8.90. The van der Waals surface area contributed by atoms with E-state index in [9.17, 15) is 0 Å². The van der Waals surface area contributed by atoms with Gasteiger partial charge in [-0.15, -0.1) is 11.3 Å². The van der Waals surface area contributed by atoms with Gasteiger partial charge in [0.25, 0.3) is 0 Å². The van der Waals surface area contributed by atoms with E-state index in [1.165, 1.54) is 5.56 Å². The Kier molecular flexibility index (Phi) is 3.77. The summed E-state index contributed by atoms with van der Waals surface area (Å²) in [5.41, 5.74) is 5.36. The minimum Gasteiger partial charge on any atom is -0.378 e. The number of nitrogens with one attached hydrogen (secondary N) is 1. The van der Waals surface area contributed by atoms with Gasteiger partial charge in [0.05, 0.1) is 10.2 Å². The van der Waals surface area contributed by atoms with Gasteiger partial charge >= 0.3 is 0 Å². The van der Waals surface area contributed by atoms with Crippen molar-refractivity contribution in [2.24, 2.45) is 0 Å². The Morgan fingerprint density at radius 3 is 2.52 bits per heavy atom. The van der Waals surface area contributed by atoms with Crippen molar-refractivity contribution in [3.63, 3.8) is 0 Å². The van der Waals surface area contributed by atoms with E-state index in [1.807, 2.05) is 21.0 Å². The zero-order valence-electron chi connectivity index (χ0n) is 14.7. The number of thiophene rings is 1. The summed E-state index contributed by atoms with van der Waals surface area (Å²) in [5.74, 6) is 0.822. The van der Waals surface area contributed by atoms with Gasteiger partial charge in [-0.3, -0.25) is 0 Å². The Morgan fingerprint density at radius 1 is 1.04 bits per heavy atom. The molecule has 3 aromatic heterocycles. The average molecular weight is 349 g/mol. The molecular weight excluding hydrogens is 330 g/mol. The first-order valence-electron chi connectivity index (χ1n) is 8.09. The molecule has 0 bridgehead atoms. The number of aromatic nitrogens is 3. The number of anilines is 3. The first kappa shape index (κ1) is 15.8. The SMILES string of the molecule is Cc1cc(C)c2c(n1)sc1c(Nc3ccc(N(C)C)cc3)ncnc12. The monoisotopic (exact) mass is 349 g/mol. The molecule has 0 fully saturated rings. The zero-order chi connectivity index (χ0) is 17.6. The predicted molar refractivity (Wildman–Crippen MR) is 106 cm³/mol. The van der Waals surface area contributed by atoms with Gasteiger partial charge in [-0.1, -0.05) is 0 Å². The fraction of sp³-hybridized carbons (Fsp3) is 0.211. The fourth-order valence-corrected chi connectivity index (χ4v) is 4.17. The summed E-state index contributed by atoms with van der Waals surface area (Å²) >= 11 is 1.64. The molecule has 0 aliphatic heterocycles. The van der Waals surface area contributed by atoms with Crippen LogP contribution >= 0.6 is 11.3 Å². The Labute approximate surface area is 150 Å². The quantitative estimate of drug-likeness (QED) is 0.583. The summed E-state index contributed by atoms with van der Waals surface area (Å²) in [6.07, 6.45) is 1.62. The lowest BCUT2D eigenvalue weighted by Gasteiger charge is -2.13. The summed E-state index contributed by atoms with van der Waals surface area (Å²) in [4.78, 5) is 16.7. The molecule has 0 amide bonds. The van der Waals surface area contributed by atoms with E-state index in [1.54, 1.807) is 17.7 Å². The minimum absolute atomic E-state index is 0.822. The molecule has 0 radical (unpaired) electrons. The van der Waals surface area contributed by atoms with E-state index in [4.69, 9.17) is 0 Å². The van der Waals surface area contributed by atoms with E-state index in [0.717, 1.165) is 43.3 Å². The van der Waals surface area contributed by atoms with Gasteiger partial charge in [-0.25, -0.2) is 15.0 Å². The maximum absolute atomic E-state index is 4.67. The van der Waals surface area contributed by atoms with E-state index in [0.29, 0.717) is 0 Å². The number of pyridine rings is 1. The van der Waals surface area contributed by atoms with Gasteiger partial charge in [0.1, 0.15) is 11.2 Å². The summed E-state index contributed by atoms with van der Waals surface area (Å²) < 4.78 is 1.04. The summed E-state index contributed by atoms with van der Waals surface area (Å²) in [6.45, 7) is 4.13. The third-order valence-electron chi connectivity index (χ3n) is 4.20. The normalized spacial score (nSPS) is 11.2. The topological polar surface area (TPSA) is 53.9 Å². The average Bonchev–Trinajstić information content (AvgIpc) is 2.95. The summed E-state index contributed by atoms with van der Waals surface area (Å²) in [7, 11) is 4.07. The highest BCUT2D eigenvalue weighted by Crippen LogP contribution is 2.37. The number of hydrogen-bond donors (Lipinski definition) is 1. The molecular formula is C19H19N5S. The van der Waals surface area contributed by atoms with Crippen LogP contribution in [-0.4, -0.2) is 29.0 Å². The predicted octanol–water partition coefficient (Wildman–Crippen LogP) is 4.67.